The lowest BCUT2D eigenvalue weighted by Crippen LogP contribution is -2.44. The number of hydrogen-bond acceptors (Lipinski definition) is 5. The topological polar surface area (TPSA) is 64.7 Å². The number of likely N-dealkylation sites (tertiary alicyclic amines) is 1. The average Bonchev–Trinajstić information content (AvgIpc) is 3.34. The molecule has 0 bridgehead atoms. The highest BCUT2D eigenvalue weighted by molar-refractivity contribution is 9.10. The van der Waals surface area contributed by atoms with Crippen LogP contribution < -0.4 is 15.5 Å². The molecule has 2 aromatic carbocycles. The highest BCUT2D eigenvalue weighted by Gasteiger charge is 2.28. The Morgan fingerprint density at radius 3 is 2.45 bits per heavy atom. The molecule has 8 heteroatoms. The van der Waals surface area contributed by atoms with Crippen molar-refractivity contribution in [1.29, 1.82) is 0 Å². The van der Waals surface area contributed by atoms with E-state index < -0.39 is 11.8 Å². The van der Waals surface area contributed by atoms with Crippen molar-refractivity contribution < 1.29 is 14.0 Å². The van der Waals surface area contributed by atoms with Gasteiger partial charge in [0.1, 0.15) is 5.82 Å². The van der Waals surface area contributed by atoms with Gasteiger partial charge in [-0.3, -0.25) is 14.9 Å². The number of carbonyl (C=O) groups excluding carboxylic acids is 2. The normalized spacial score (nSPS) is 20.8. The van der Waals surface area contributed by atoms with Crippen LogP contribution in [-0.2, 0) is 4.79 Å². The van der Waals surface area contributed by atoms with Crippen LogP contribution in [0.1, 0.15) is 41.6 Å². The van der Waals surface area contributed by atoms with Crippen LogP contribution in [0.2, 0.25) is 0 Å². The number of hydrogen-bond donors (Lipinski definition) is 2. The number of nitrogens with zero attached hydrogens (tertiary/aromatic N) is 2. The minimum absolute atomic E-state index is 0.288. The van der Waals surface area contributed by atoms with Gasteiger partial charge >= 0.3 is 0 Å². The van der Waals surface area contributed by atoms with E-state index in [1.54, 1.807) is 24.3 Å². The van der Waals surface area contributed by atoms with Gasteiger partial charge in [0.05, 0.1) is 11.3 Å². The molecule has 0 saturated carbocycles. The summed E-state index contributed by atoms with van der Waals surface area (Å²) in [5.74, 6) is -1.20. The highest BCUT2D eigenvalue weighted by Crippen LogP contribution is 2.30. The number of piperidine rings is 1. The molecule has 6 nitrogen and oxygen atoms in total. The summed E-state index contributed by atoms with van der Waals surface area (Å²) in [6.45, 7) is 4.11. The molecule has 5 rings (SSSR count). The van der Waals surface area contributed by atoms with Crippen LogP contribution in [0.3, 0.4) is 0 Å². The summed E-state index contributed by atoms with van der Waals surface area (Å²) in [5, 5.41) is 5.36. The maximum absolute atomic E-state index is 15.0. The van der Waals surface area contributed by atoms with Gasteiger partial charge in [-0.15, -0.1) is 0 Å². The first kappa shape index (κ1) is 22.1. The predicted molar refractivity (Wildman–Crippen MR) is 131 cm³/mol. The van der Waals surface area contributed by atoms with Gasteiger partial charge in [-0.05, 0) is 75.2 Å². The molecule has 0 aliphatic carbocycles. The molecule has 2 fully saturated rings. The fourth-order valence-corrected chi connectivity index (χ4v) is 5.39. The molecule has 3 aliphatic rings. The summed E-state index contributed by atoms with van der Waals surface area (Å²) in [6, 6.07) is 10.8. The van der Waals surface area contributed by atoms with E-state index in [-0.39, 0.29) is 5.82 Å². The van der Waals surface area contributed by atoms with E-state index in [1.165, 1.54) is 38.2 Å². The first-order chi connectivity index (χ1) is 16.0. The van der Waals surface area contributed by atoms with Gasteiger partial charge in [0.2, 0.25) is 0 Å². The summed E-state index contributed by atoms with van der Waals surface area (Å²) in [7, 11) is 0. The van der Waals surface area contributed by atoms with E-state index in [2.05, 4.69) is 36.4 Å². The van der Waals surface area contributed by atoms with E-state index in [1.807, 2.05) is 6.07 Å². The quantitative estimate of drug-likeness (QED) is 0.470. The summed E-state index contributed by atoms with van der Waals surface area (Å²) in [6.07, 6.45) is 6.23. The smallest absolute Gasteiger partial charge is 0.260 e. The third-order valence-corrected chi connectivity index (χ3v) is 7.27. The first-order valence-corrected chi connectivity index (χ1v) is 12.2. The lowest BCUT2D eigenvalue weighted by molar-refractivity contribution is -0.114. The van der Waals surface area contributed by atoms with E-state index >= 15 is 0 Å². The van der Waals surface area contributed by atoms with Crippen LogP contribution in [0.4, 0.5) is 15.8 Å². The third-order valence-electron chi connectivity index (χ3n) is 6.78. The maximum Gasteiger partial charge on any atom is 0.260 e. The minimum Gasteiger partial charge on any atom is -0.369 e. The van der Waals surface area contributed by atoms with E-state index in [4.69, 9.17) is 0 Å². The van der Waals surface area contributed by atoms with Gasteiger partial charge in [-0.25, -0.2) is 4.39 Å². The number of benzene rings is 2. The summed E-state index contributed by atoms with van der Waals surface area (Å²) in [4.78, 5) is 29.2. The fraction of sp³-hybridized carbons (Fsp3) is 0.360. The summed E-state index contributed by atoms with van der Waals surface area (Å²) < 4.78 is 15.7. The number of carbonyl (C=O) groups is 2. The Morgan fingerprint density at radius 2 is 1.73 bits per heavy atom. The van der Waals surface area contributed by atoms with Gasteiger partial charge in [0, 0.05) is 46.6 Å². The molecule has 2 N–H and O–H groups in total. The Hall–Kier alpha value is -2.71. The van der Waals surface area contributed by atoms with Crippen LogP contribution in [0.25, 0.3) is 5.57 Å². The van der Waals surface area contributed by atoms with Crippen LogP contribution >= 0.6 is 15.9 Å². The van der Waals surface area contributed by atoms with Crippen LogP contribution in [0, 0.1) is 5.82 Å². The molecule has 0 spiro atoms. The SMILES string of the molecule is O=C1NC(=O)c2ccc(Br)cc2C1=CNc1ccc(N2CCC(N3CCCC3)CC2)c(F)c1. The molecular weight excluding hydrogens is 487 g/mol. The Balaban J connectivity index is 1.29. The molecule has 3 aliphatic heterocycles. The number of fused-ring (bicyclic) bond motifs is 1. The molecule has 2 amide bonds. The van der Waals surface area contributed by atoms with Crippen molar-refractivity contribution >= 4 is 44.7 Å². The van der Waals surface area contributed by atoms with Gasteiger partial charge in [-0.1, -0.05) is 15.9 Å². The second kappa shape index (κ2) is 9.27. The lowest BCUT2D eigenvalue weighted by Gasteiger charge is -2.38. The van der Waals surface area contributed by atoms with Gasteiger partial charge in [-0.2, -0.15) is 0 Å². The van der Waals surface area contributed by atoms with Crippen LogP contribution in [0.5, 0.6) is 0 Å². The molecule has 2 aromatic rings. The number of halogens is 2. The maximum atomic E-state index is 15.0. The van der Waals surface area contributed by atoms with E-state index in [9.17, 15) is 14.0 Å². The number of rotatable bonds is 4. The second-order valence-electron chi connectivity index (χ2n) is 8.80. The lowest BCUT2D eigenvalue weighted by atomic mass is 9.95. The zero-order valence-electron chi connectivity index (χ0n) is 18.2. The third kappa shape index (κ3) is 4.54. The fourth-order valence-electron chi connectivity index (χ4n) is 5.03. The zero-order valence-corrected chi connectivity index (χ0v) is 19.8. The molecule has 3 heterocycles. The number of imide groups is 1. The molecular formula is C25H26BrFN4O2. The van der Waals surface area contributed by atoms with Crippen LogP contribution in [0.15, 0.2) is 47.1 Å². The molecule has 33 heavy (non-hydrogen) atoms. The van der Waals surface area contributed by atoms with Crippen molar-refractivity contribution in [3.63, 3.8) is 0 Å². The van der Waals surface area contributed by atoms with Crippen molar-refractivity contribution in [2.45, 2.75) is 31.7 Å². The summed E-state index contributed by atoms with van der Waals surface area (Å²) in [5.41, 5.74) is 2.42. The largest absolute Gasteiger partial charge is 0.369 e. The Morgan fingerprint density at radius 1 is 0.970 bits per heavy atom. The number of anilines is 2. The molecule has 0 unspecified atom stereocenters. The van der Waals surface area contributed by atoms with Gasteiger partial charge < -0.3 is 15.1 Å². The Bertz CT molecular complexity index is 1120. The average molecular weight is 513 g/mol. The Labute approximate surface area is 201 Å². The Kier molecular flexibility index (Phi) is 6.21. The highest BCUT2D eigenvalue weighted by atomic mass is 79.9. The van der Waals surface area contributed by atoms with Crippen molar-refractivity contribution in [1.82, 2.24) is 10.2 Å². The molecule has 0 radical (unpaired) electrons. The molecule has 2 saturated heterocycles. The van der Waals surface area contributed by atoms with Crippen molar-refractivity contribution in [3.05, 3.63) is 64.0 Å². The van der Waals surface area contributed by atoms with Gasteiger partial charge in [0.25, 0.3) is 11.8 Å². The monoisotopic (exact) mass is 512 g/mol. The van der Waals surface area contributed by atoms with E-state index in [0.29, 0.717) is 34.1 Å². The van der Waals surface area contributed by atoms with Gasteiger partial charge in [0.15, 0.2) is 0 Å². The summed E-state index contributed by atoms with van der Waals surface area (Å²) >= 11 is 3.38. The standard InChI is InChI=1S/C25H26BrFN4O2/c26-16-3-5-19-20(13-16)21(25(33)29-24(19)32)15-28-17-4-6-23(22(27)14-17)31-11-7-18(8-12-31)30-9-1-2-10-30/h3-6,13-15,18,28H,1-2,7-12H2,(H,29,32,33). The number of amides is 2. The van der Waals surface area contributed by atoms with Crippen molar-refractivity contribution in [2.75, 3.05) is 36.4 Å². The predicted octanol–water partition coefficient (Wildman–Crippen LogP) is 4.38. The second-order valence-corrected chi connectivity index (χ2v) is 9.72. The van der Waals surface area contributed by atoms with Crippen molar-refractivity contribution in [3.8, 4) is 0 Å². The minimum atomic E-state index is -0.490. The molecule has 172 valence electrons. The van der Waals surface area contributed by atoms with E-state index in [0.717, 1.165) is 30.4 Å². The zero-order chi connectivity index (χ0) is 22.9. The first-order valence-electron chi connectivity index (χ1n) is 11.4. The molecule has 0 atom stereocenters. The molecule has 0 aromatic heterocycles. The van der Waals surface area contributed by atoms with Crippen molar-refractivity contribution in [2.24, 2.45) is 0 Å². The van der Waals surface area contributed by atoms with Crippen LogP contribution in [-0.4, -0.2) is 48.9 Å². The number of nitrogens with one attached hydrogen (secondary N) is 2.